The Balaban J connectivity index is 2.34. The molecule has 1 aromatic rings. The molecule has 0 aliphatic carbocycles. The maximum Gasteiger partial charge on any atom is 0.125 e. The summed E-state index contributed by atoms with van der Waals surface area (Å²) in [5, 5.41) is 0. The molecule has 0 aliphatic heterocycles. The molecular formula is C10H9ClO. The molecule has 0 N–H and O–H groups in total. The van der Waals surface area contributed by atoms with Crippen molar-refractivity contribution in [3.63, 3.8) is 0 Å². The van der Waals surface area contributed by atoms with Gasteiger partial charge >= 0.3 is 0 Å². The number of hydrogen-bond donors (Lipinski definition) is 0. The lowest BCUT2D eigenvalue weighted by Gasteiger charge is -1.96. The highest BCUT2D eigenvalue weighted by Gasteiger charge is 1.87. The van der Waals surface area contributed by atoms with Crippen LogP contribution in [0.2, 0.25) is 0 Å². The Morgan fingerprint density at radius 1 is 1.25 bits per heavy atom. The second kappa shape index (κ2) is 5.51. The van der Waals surface area contributed by atoms with Gasteiger partial charge < -0.3 is 4.74 Å². The summed E-state index contributed by atoms with van der Waals surface area (Å²) in [7, 11) is 0. The third kappa shape index (κ3) is 3.32. The number of rotatable bonds is 2. The van der Waals surface area contributed by atoms with Crippen molar-refractivity contribution in [2.75, 3.05) is 5.88 Å². The molecule has 0 fully saturated rings. The number of alkyl halides is 1. The summed E-state index contributed by atoms with van der Waals surface area (Å²) >= 11 is 5.33. The van der Waals surface area contributed by atoms with Crippen molar-refractivity contribution < 1.29 is 4.74 Å². The largest absolute Gasteiger partial charge is 0.442 e. The maximum absolute atomic E-state index is 5.33. The predicted octanol–water partition coefficient (Wildman–Crippen LogP) is 2.40. The molecule has 0 amide bonds. The van der Waals surface area contributed by atoms with Gasteiger partial charge in [0, 0.05) is 0 Å². The van der Waals surface area contributed by atoms with Crippen LogP contribution in [-0.4, -0.2) is 5.88 Å². The molecule has 0 aromatic heterocycles. The van der Waals surface area contributed by atoms with Crippen LogP contribution in [-0.2, 0) is 11.3 Å². The minimum atomic E-state index is 0.314. The zero-order valence-electron chi connectivity index (χ0n) is 6.59. The molecule has 0 atom stereocenters. The van der Waals surface area contributed by atoms with Gasteiger partial charge in [0.2, 0.25) is 0 Å². The molecule has 0 heterocycles. The van der Waals surface area contributed by atoms with E-state index < -0.39 is 0 Å². The van der Waals surface area contributed by atoms with E-state index in [1.54, 1.807) is 0 Å². The van der Waals surface area contributed by atoms with Gasteiger partial charge in [-0.15, -0.1) is 11.6 Å². The van der Waals surface area contributed by atoms with Gasteiger partial charge in [-0.25, -0.2) is 0 Å². The summed E-state index contributed by atoms with van der Waals surface area (Å²) in [5.74, 6) is 2.93. The van der Waals surface area contributed by atoms with E-state index in [4.69, 9.17) is 16.3 Å². The molecule has 0 spiro atoms. The Morgan fingerprint density at radius 3 is 2.67 bits per heavy atom. The topological polar surface area (TPSA) is 9.23 Å². The van der Waals surface area contributed by atoms with Crippen LogP contribution >= 0.6 is 11.6 Å². The van der Waals surface area contributed by atoms with Gasteiger partial charge in [0.1, 0.15) is 12.7 Å². The fourth-order valence-corrected chi connectivity index (χ4v) is 0.827. The first kappa shape index (κ1) is 8.96. The molecule has 0 saturated heterocycles. The first-order valence-electron chi connectivity index (χ1n) is 3.63. The van der Waals surface area contributed by atoms with E-state index in [9.17, 15) is 0 Å². The predicted molar refractivity (Wildman–Crippen MR) is 49.7 cm³/mol. The quantitative estimate of drug-likeness (QED) is 0.502. The van der Waals surface area contributed by atoms with Crippen molar-refractivity contribution in [3.05, 3.63) is 35.9 Å². The Kier molecular flexibility index (Phi) is 4.12. The summed E-state index contributed by atoms with van der Waals surface area (Å²) in [5.41, 5.74) is 1.11. The maximum atomic E-state index is 5.33. The van der Waals surface area contributed by atoms with Crippen molar-refractivity contribution in [2.24, 2.45) is 0 Å². The highest BCUT2D eigenvalue weighted by molar-refractivity contribution is 6.19. The molecule has 62 valence electrons. The number of benzene rings is 1. The van der Waals surface area contributed by atoms with Crippen molar-refractivity contribution in [2.45, 2.75) is 6.61 Å². The van der Waals surface area contributed by atoms with Crippen molar-refractivity contribution in [3.8, 4) is 12.0 Å². The normalized spacial score (nSPS) is 8.42. The number of ether oxygens (including phenoxy) is 1. The standard InChI is InChI=1S/C10H9ClO/c11-7-4-8-12-9-10-5-2-1-3-6-10/h1-3,5-6H,7,9H2. The fraction of sp³-hybridized carbons (Fsp3) is 0.200. The van der Waals surface area contributed by atoms with Crippen molar-refractivity contribution in [1.82, 2.24) is 0 Å². The summed E-state index contributed by atoms with van der Waals surface area (Å²) < 4.78 is 5.01. The van der Waals surface area contributed by atoms with E-state index in [1.807, 2.05) is 30.3 Å². The molecular weight excluding hydrogens is 172 g/mol. The van der Waals surface area contributed by atoms with Crippen LogP contribution in [0.1, 0.15) is 5.56 Å². The third-order valence-electron chi connectivity index (χ3n) is 1.29. The van der Waals surface area contributed by atoms with Crippen LogP contribution in [0, 0.1) is 12.0 Å². The van der Waals surface area contributed by atoms with Crippen LogP contribution in [0.25, 0.3) is 0 Å². The summed E-state index contributed by atoms with van der Waals surface area (Å²) in [6.45, 7) is 0.519. The smallest absolute Gasteiger partial charge is 0.125 e. The van der Waals surface area contributed by atoms with Gasteiger partial charge in [-0.3, -0.25) is 0 Å². The Hall–Kier alpha value is -1.13. The molecule has 0 bridgehead atoms. The van der Waals surface area contributed by atoms with Crippen LogP contribution < -0.4 is 0 Å². The summed E-state index contributed by atoms with van der Waals surface area (Å²) in [4.78, 5) is 0. The van der Waals surface area contributed by atoms with Gasteiger partial charge in [-0.2, -0.15) is 0 Å². The number of halogens is 1. The average molecular weight is 181 g/mol. The lowest BCUT2D eigenvalue weighted by Crippen LogP contribution is -1.85. The highest BCUT2D eigenvalue weighted by atomic mass is 35.5. The van der Waals surface area contributed by atoms with Gasteiger partial charge in [-0.05, 0) is 11.5 Å². The summed E-state index contributed by atoms with van der Waals surface area (Å²) in [6.07, 6.45) is 2.50. The fourth-order valence-electron chi connectivity index (χ4n) is 0.772. The molecule has 2 heteroatoms. The molecule has 0 saturated carbocycles. The van der Waals surface area contributed by atoms with Gasteiger partial charge in [0.05, 0.1) is 5.88 Å². The Morgan fingerprint density at radius 2 is 2.00 bits per heavy atom. The summed E-state index contributed by atoms with van der Waals surface area (Å²) in [6, 6.07) is 9.88. The number of hydrogen-bond acceptors (Lipinski definition) is 1. The minimum absolute atomic E-state index is 0.314. The zero-order chi connectivity index (χ0) is 8.65. The van der Waals surface area contributed by atoms with Gasteiger partial charge in [0.15, 0.2) is 0 Å². The molecule has 1 aromatic carbocycles. The van der Waals surface area contributed by atoms with Crippen LogP contribution in [0.4, 0.5) is 0 Å². The second-order valence-electron chi connectivity index (χ2n) is 2.19. The van der Waals surface area contributed by atoms with Crippen LogP contribution in [0.3, 0.4) is 0 Å². The monoisotopic (exact) mass is 180 g/mol. The minimum Gasteiger partial charge on any atom is -0.442 e. The van der Waals surface area contributed by atoms with Crippen LogP contribution in [0.5, 0.6) is 0 Å². The van der Waals surface area contributed by atoms with E-state index in [1.165, 1.54) is 0 Å². The molecule has 0 aliphatic rings. The molecule has 1 nitrogen and oxygen atoms in total. The highest BCUT2D eigenvalue weighted by Crippen LogP contribution is 1.99. The van der Waals surface area contributed by atoms with E-state index >= 15 is 0 Å². The average Bonchev–Trinajstić information content (AvgIpc) is 2.14. The van der Waals surface area contributed by atoms with E-state index in [0.717, 1.165) is 5.56 Å². The van der Waals surface area contributed by atoms with E-state index in [2.05, 4.69) is 12.0 Å². The zero-order valence-corrected chi connectivity index (χ0v) is 7.34. The Labute approximate surface area is 77.3 Å². The van der Waals surface area contributed by atoms with E-state index in [-0.39, 0.29) is 0 Å². The Bertz CT molecular complexity index is 271. The van der Waals surface area contributed by atoms with Crippen LogP contribution in [0.15, 0.2) is 30.3 Å². The van der Waals surface area contributed by atoms with E-state index in [0.29, 0.717) is 12.5 Å². The van der Waals surface area contributed by atoms with Crippen molar-refractivity contribution >= 4 is 11.6 Å². The molecule has 0 unspecified atom stereocenters. The molecule has 12 heavy (non-hydrogen) atoms. The SMILES string of the molecule is ClCC#COCc1ccccc1. The molecule has 1 rings (SSSR count). The van der Waals surface area contributed by atoms with Gasteiger partial charge in [-0.1, -0.05) is 30.3 Å². The lowest BCUT2D eigenvalue weighted by atomic mass is 10.2. The van der Waals surface area contributed by atoms with Gasteiger partial charge in [0.25, 0.3) is 0 Å². The second-order valence-corrected chi connectivity index (χ2v) is 2.45. The first-order valence-corrected chi connectivity index (χ1v) is 4.16. The van der Waals surface area contributed by atoms with Crippen molar-refractivity contribution in [1.29, 1.82) is 0 Å². The first-order chi connectivity index (χ1) is 5.93. The lowest BCUT2D eigenvalue weighted by molar-refractivity contribution is 0.265. The molecule has 0 radical (unpaired) electrons. The third-order valence-corrected chi connectivity index (χ3v) is 1.43.